The molecule has 1 aliphatic heterocycles. The van der Waals surface area contributed by atoms with Crippen molar-refractivity contribution in [2.75, 3.05) is 10.7 Å². The van der Waals surface area contributed by atoms with E-state index < -0.39 is 0 Å². The van der Waals surface area contributed by atoms with E-state index in [4.69, 9.17) is 0 Å². The molecule has 0 fully saturated rings. The van der Waals surface area contributed by atoms with Crippen molar-refractivity contribution in [3.8, 4) is 0 Å². The summed E-state index contributed by atoms with van der Waals surface area (Å²) in [7, 11) is 0. The highest BCUT2D eigenvalue weighted by Crippen LogP contribution is 2.37. The number of aryl methyl sites for hydroxylation is 3. The molecule has 0 radical (unpaired) electrons. The Morgan fingerprint density at radius 1 is 1.07 bits per heavy atom. The number of thioether (sulfide) groups is 1. The lowest BCUT2D eigenvalue weighted by Gasteiger charge is -2.32. The van der Waals surface area contributed by atoms with E-state index in [-0.39, 0.29) is 17.2 Å². The molecule has 0 bridgehead atoms. The Morgan fingerprint density at radius 3 is 2.59 bits per heavy atom. The van der Waals surface area contributed by atoms with Gasteiger partial charge >= 0.3 is 0 Å². The Morgan fingerprint density at radius 2 is 1.85 bits per heavy atom. The van der Waals surface area contributed by atoms with Crippen LogP contribution in [0.2, 0.25) is 0 Å². The molecule has 2 atom stereocenters. The average molecular weight is 379 g/mol. The van der Waals surface area contributed by atoms with E-state index in [0.29, 0.717) is 5.16 Å². The molecule has 6 nitrogen and oxygen atoms in total. The number of aromatic nitrogens is 3. The molecule has 7 heteroatoms. The van der Waals surface area contributed by atoms with E-state index in [2.05, 4.69) is 52.1 Å². The number of carbonyl (C=O) groups is 1. The van der Waals surface area contributed by atoms with Crippen LogP contribution in [0.1, 0.15) is 28.6 Å². The van der Waals surface area contributed by atoms with Gasteiger partial charge in [0.25, 0.3) is 0 Å². The summed E-state index contributed by atoms with van der Waals surface area (Å²) >= 11 is 1.43. The highest BCUT2D eigenvalue weighted by molar-refractivity contribution is 8.00. The number of carbonyl (C=O) groups excluding carboxylic acids is 1. The zero-order chi connectivity index (χ0) is 19.0. The van der Waals surface area contributed by atoms with Crippen LogP contribution >= 0.6 is 11.8 Å². The van der Waals surface area contributed by atoms with E-state index in [9.17, 15) is 4.79 Å². The van der Waals surface area contributed by atoms with Gasteiger partial charge in [-0.3, -0.25) is 4.79 Å². The fraction of sp³-hybridized carbons (Fsp3) is 0.250. The molecule has 0 aliphatic carbocycles. The van der Waals surface area contributed by atoms with Gasteiger partial charge in [-0.2, -0.15) is 0 Å². The molecule has 2 heterocycles. The molecule has 0 saturated carbocycles. The summed E-state index contributed by atoms with van der Waals surface area (Å²) in [5.74, 6) is 0.711. The molecule has 0 saturated heterocycles. The van der Waals surface area contributed by atoms with Crippen LogP contribution in [0.4, 0.5) is 5.69 Å². The number of amides is 1. The van der Waals surface area contributed by atoms with Crippen LogP contribution in [0, 0.1) is 20.8 Å². The highest BCUT2D eigenvalue weighted by Gasteiger charge is 2.37. The predicted octanol–water partition coefficient (Wildman–Crippen LogP) is 3.60. The normalized spacial score (nSPS) is 18.5. The van der Waals surface area contributed by atoms with Gasteiger partial charge in [-0.1, -0.05) is 53.7 Å². The number of nitrogens with one attached hydrogen (secondary N) is 2. The van der Waals surface area contributed by atoms with Crippen molar-refractivity contribution in [1.82, 2.24) is 14.9 Å². The van der Waals surface area contributed by atoms with Crippen LogP contribution in [-0.4, -0.2) is 26.0 Å². The number of benzene rings is 2. The van der Waals surface area contributed by atoms with Crippen molar-refractivity contribution in [1.29, 1.82) is 0 Å². The van der Waals surface area contributed by atoms with Crippen molar-refractivity contribution in [2.45, 2.75) is 37.2 Å². The molecule has 138 valence electrons. The lowest BCUT2D eigenvalue weighted by Crippen LogP contribution is -2.41. The zero-order valence-electron chi connectivity index (χ0n) is 15.4. The van der Waals surface area contributed by atoms with Crippen LogP contribution in [-0.2, 0) is 4.79 Å². The topological polar surface area (TPSA) is 71.8 Å². The van der Waals surface area contributed by atoms with Gasteiger partial charge in [-0.15, -0.1) is 10.2 Å². The van der Waals surface area contributed by atoms with Crippen LogP contribution in [0.25, 0.3) is 0 Å². The van der Waals surface area contributed by atoms with E-state index in [0.717, 1.165) is 22.6 Å². The summed E-state index contributed by atoms with van der Waals surface area (Å²) in [5.41, 5.74) is 7.56. The van der Waals surface area contributed by atoms with Gasteiger partial charge in [0.1, 0.15) is 11.1 Å². The van der Waals surface area contributed by atoms with Gasteiger partial charge in [0.15, 0.2) is 0 Å². The third kappa shape index (κ3) is 3.55. The molecular formula is C20H21N5OS. The number of fused-ring (bicyclic) bond motifs is 1. The first-order valence-electron chi connectivity index (χ1n) is 8.80. The summed E-state index contributed by atoms with van der Waals surface area (Å²) in [6, 6.07) is 15.9. The van der Waals surface area contributed by atoms with Gasteiger partial charge < -0.3 is 10.7 Å². The Kier molecular flexibility index (Phi) is 4.61. The molecule has 0 unspecified atom stereocenters. The molecule has 0 spiro atoms. The minimum Gasteiger partial charge on any atom is -0.325 e. The second-order valence-corrected chi connectivity index (χ2v) is 7.89. The first kappa shape index (κ1) is 17.6. The second-order valence-electron chi connectivity index (χ2n) is 6.78. The number of hydrogen-bond donors (Lipinski definition) is 2. The van der Waals surface area contributed by atoms with Crippen LogP contribution in [0.15, 0.2) is 53.7 Å². The molecule has 1 aromatic heterocycles. The fourth-order valence-corrected chi connectivity index (χ4v) is 4.25. The maximum absolute atomic E-state index is 13.1. The molecular weight excluding hydrogens is 358 g/mol. The first-order valence-corrected chi connectivity index (χ1v) is 9.68. The van der Waals surface area contributed by atoms with Crippen molar-refractivity contribution >= 4 is 23.4 Å². The van der Waals surface area contributed by atoms with E-state index in [1.165, 1.54) is 17.3 Å². The van der Waals surface area contributed by atoms with Crippen molar-refractivity contribution in [3.63, 3.8) is 0 Å². The zero-order valence-corrected chi connectivity index (χ0v) is 16.2. The van der Waals surface area contributed by atoms with E-state index in [1.54, 1.807) is 0 Å². The molecule has 3 aromatic rings. The van der Waals surface area contributed by atoms with Crippen molar-refractivity contribution in [3.05, 3.63) is 71.0 Å². The Hall–Kier alpha value is -2.80. The minimum atomic E-state index is -0.371. The monoisotopic (exact) mass is 379 g/mol. The van der Waals surface area contributed by atoms with Crippen molar-refractivity contribution in [2.24, 2.45) is 0 Å². The third-order valence-corrected chi connectivity index (χ3v) is 5.79. The van der Waals surface area contributed by atoms with Crippen LogP contribution in [0.5, 0.6) is 0 Å². The van der Waals surface area contributed by atoms with Gasteiger partial charge in [0.05, 0.1) is 6.04 Å². The lowest BCUT2D eigenvalue weighted by atomic mass is 10.0. The molecule has 4 rings (SSSR count). The number of nitrogens with zero attached hydrogens (tertiary/aromatic N) is 3. The summed E-state index contributed by atoms with van der Waals surface area (Å²) in [6.07, 6.45) is 0. The number of hydrogen-bond acceptors (Lipinski definition) is 5. The summed E-state index contributed by atoms with van der Waals surface area (Å²) in [5, 5.41) is 11.7. The highest BCUT2D eigenvalue weighted by atomic mass is 32.2. The number of rotatable bonds is 3. The van der Waals surface area contributed by atoms with Crippen molar-refractivity contribution < 1.29 is 4.79 Å². The average Bonchev–Trinajstić information content (AvgIpc) is 3.02. The van der Waals surface area contributed by atoms with E-state index >= 15 is 0 Å². The van der Waals surface area contributed by atoms with Crippen LogP contribution < -0.4 is 10.7 Å². The van der Waals surface area contributed by atoms with E-state index in [1.807, 2.05) is 42.8 Å². The molecule has 1 aliphatic rings. The summed E-state index contributed by atoms with van der Waals surface area (Å²) < 4.78 is 1.85. The lowest BCUT2D eigenvalue weighted by molar-refractivity contribution is -0.116. The molecule has 2 aromatic carbocycles. The third-order valence-electron chi connectivity index (χ3n) is 4.58. The summed E-state index contributed by atoms with van der Waals surface area (Å²) in [4.78, 5) is 13.1. The Bertz CT molecular complexity index is 982. The Balaban J connectivity index is 1.66. The van der Waals surface area contributed by atoms with Gasteiger partial charge in [0, 0.05) is 5.69 Å². The number of anilines is 1. The van der Waals surface area contributed by atoms with Gasteiger partial charge in [0.2, 0.25) is 11.1 Å². The fourth-order valence-electron chi connectivity index (χ4n) is 3.12. The summed E-state index contributed by atoms with van der Waals surface area (Å²) in [6.45, 7) is 5.95. The molecule has 27 heavy (non-hydrogen) atoms. The minimum absolute atomic E-state index is 0.0596. The smallest absolute Gasteiger partial charge is 0.240 e. The standard InChI is InChI=1S/C20H21N5OS/c1-12-7-9-15(10-8-12)17-18(27-20-23-22-14(3)25(20)24-17)19(26)21-16-6-4-5-13(2)11-16/h4-11,17-18,24H,1-3H3,(H,21,26)/t17-,18+/m1/s1. The maximum Gasteiger partial charge on any atom is 0.240 e. The molecule has 1 amide bonds. The quantitative estimate of drug-likeness (QED) is 0.727. The molecule has 2 N–H and O–H groups in total. The SMILES string of the molecule is Cc1ccc([C@H]2Nn3c(C)nnc3S[C@@H]2C(=O)Nc2cccc(C)c2)cc1. The van der Waals surface area contributed by atoms with Gasteiger partial charge in [-0.05, 0) is 44.0 Å². The van der Waals surface area contributed by atoms with Gasteiger partial charge in [-0.25, -0.2) is 4.68 Å². The second kappa shape index (κ2) is 7.08. The first-order chi connectivity index (χ1) is 13.0. The van der Waals surface area contributed by atoms with Crippen LogP contribution in [0.3, 0.4) is 0 Å². The predicted molar refractivity (Wildman–Crippen MR) is 107 cm³/mol. The Labute approximate surface area is 162 Å². The largest absolute Gasteiger partial charge is 0.325 e. The maximum atomic E-state index is 13.1.